The van der Waals surface area contributed by atoms with Crippen LogP contribution >= 0.6 is 15.9 Å². The number of carbonyl (C=O) groups is 1. The second kappa shape index (κ2) is 6.24. The van der Waals surface area contributed by atoms with E-state index in [1.165, 1.54) is 6.21 Å². The molecule has 5 heteroatoms. The molecule has 4 nitrogen and oxygen atoms in total. The van der Waals surface area contributed by atoms with Crippen molar-refractivity contribution in [3.63, 3.8) is 0 Å². The van der Waals surface area contributed by atoms with Crippen LogP contribution in [-0.2, 0) is 0 Å². The van der Waals surface area contributed by atoms with Crippen molar-refractivity contribution in [2.24, 2.45) is 5.10 Å². The summed E-state index contributed by atoms with van der Waals surface area (Å²) in [4.78, 5) is 16.1. The molecule has 0 saturated carbocycles. The van der Waals surface area contributed by atoms with Gasteiger partial charge in [0.1, 0.15) is 0 Å². The minimum Gasteiger partial charge on any atom is -0.267 e. The van der Waals surface area contributed by atoms with Gasteiger partial charge in [-0.1, -0.05) is 18.2 Å². The number of hydrazone groups is 1. The van der Waals surface area contributed by atoms with Crippen molar-refractivity contribution in [3.8, 4) is 0 Å². The lowest BCUT2D eigenvalue weighted by atomic mass is 10.2. The van der Waals surface area contributed by atoms with Gasteiger partial charge in [-0.3, -0.25) is 9.78 Å². The van der Waals surface area contributed by atoms with Crippen LogP contribution in [0, 0.1) is 6.92 Å². The van der Waals surface area contributed by atoms with Crippen LogP contribution in [0.3, 0.4) is 0 Å². The van der Waals surface area contributed by atoms with Gasteiger partial charge in [0.25, 0.3) is 5.91 Å². The summed E-state index contributed by atoms with van der Waals surface area (Å²) in [6, 6.07) is 12.8. The largest absolute Gasteiger partial charge is 0.272 e. The first-order valence-corrected chi connectivity index (χ1v) is 6.48. The van der Waals surface area contributed by atoms with Gasteiger partial charge in [0.2, 0.25) is 0 Å². The highest BCUT2D eigenvalue weighted by Gasteiger charge is 2.07. The third-order valence-corrected chi connectivity index (χ3v) is 3.08. The number of pyridine rings is 1. The van der Waals surface area contributed by atoms with Crippen LogP contribution in [0.2, 0.25) is 0 Å². The van der Waals surface area contributed by atoms with E-state index in [0.717, 1.165) is 10.2 Å². The van der Waals surface area contributed by atoms with E-state index >= 15 is 0 Å². The number of hydrogen-bond acceptors (Lipinski definition) is 3. The monoisotopic (exact) mass is 317 g/mol. The van der Waals surface area contributed by atoms with Crippen molar-refractivity contribution in [1.29, 1.82) is 0 Å². The van der Waals surface area contributed by atoms with E-state index in [0.29, 0.717) is 11.3 Å². The third-order valence-electron chi connectivity index (χ3n) is 2.39. The number of carbonyl (C=O) groups excluding carboxylic acids is 1. The first-order chi connectivity index (χ1) is 9.16. The summed E-state index contributed by atoms with van der Waals surface area (Å²) < 4.78 is 0.733. The second-order valence-corrected chi connectivity index (χ2v) is 4.74. The number of nitrogens with zero attached hydrogens (tertiary/aromatic N) is 2. The van der Waals surface area contributed by atoms with Gasteiger partial charge in [0.05, 0.1) is 17.5 Å². The molecule has 1 aromatic carbocycles. The lowest BCUT2D eigenvalue weighted by Gasteiger charge is -2.01. The van der Waals surface area contributed by atoms with E-state index < -0.39 is 0 Å². The molecular formula is C14H12BrN3O. The first kappa shape index (κ1) is 13.4. The number of halogens is 1. The molecule has 0 saturated heterocycles. The first-order valence-electron chi connectivity index (χ1n) is 5.68. The number of hydrogen-bond donors (Lipinski definition) is 1. The van der Waals surface area contributed by atoms with Crippen LogP contribution in [0.15, 0.2) is 52.0 Å². The summed E-state index contributed by atoms with van der Waals surface area (Å²) in [5.41, 5.74) is 4.61. The maximum absolute atomic E-state index is 11.8. The third kappa shape index (κ3) is 3.72. The zero-order valence-corrected chi connectivity index (χ0v) is 11.9. The van der Waals surface area contributed by atoms with Crippen molar-refractivity contribution in [1.82, 2.24) is 10.4 Å². The molecule has 0 bridgehead atoms. The predicted molar refractivity (Wildman–Crippen MR) is 78.2 cm³/mol. The maximum Gasteiger partial charge on any atom is 0.272 e. The minimum absolute atomic E-state index is 0.267. The molecule has 0 unspecified atom stereocenters. The van der Waals surface area contributed by atoms with Crippen molar-refractivity contribution in [2.75, 3.05) is 0 Å². The molecule has 0 fully saturated rings. The Morgan fingerprint density at radius 3 is 2.79 bits per heavy atom. The fraction of sp³-hybridized carbons (Fsp3) is 0.0714. The lowest BCUT2D eigenvalue weighted by Crippen LogP contribution is -2.18. The molecule has 0 aliphatic carbocycles. The molecule has 0 spiro atoms. The molecule has 1 N–H and O–H groups in total. The highest BCUT2D eigenvalue weighted by atomic mass is 79.9. The number of aromatic nitrogens is 1. The van der Waals surface area contributed by atoms with Gasteiger partial charge in [-0.25, -0.2) is 5.43 Å². The number of benzene rings is 1. The number of rotatable bonds is 3. The Labute approximate surface area is 119 Å². The summed E-state index contributed by atoms with van der Waals surface area (Å²) in [5, 5.41) is 3.89. The van der Waals surface area contributed by atoms with E-state index in [-0.39, 0.29) is 5.91 Å². The Hall–Kier alpha value is -2.01. The molecule has 1 amide bonds. The van der Waals surface area contributed by atoms with Crippen molar-refractivity contribution in [2.45, 2.75) is 6.92 Å². The molecule has 2 aromatic rings. The van der Waals surface area contributed by atoms with E-state index in [4.69, 9.17) is 0 Å². The van der Waals surface area contributed by atoms with Crippen LogP contribution in [0.25, 0.3) is 0 Å². The van der Waals surface area contributed by atoms with Gasteiger partial charge in [0, 0.05) is 10.2 Å². The lowest BCUT2D eigenvalue weighted by molar-refractivity contribution is 0.0954. The van der Waals surface area contributed by atoms with Gasteiger partial charge in [-0.15, -0.1) is 0 Å². The molecular weight excluding hydrogens is 306 g/mol. The molecule has 0 radical (unpaired) electrons. The molecule has 1 aromatic heterocycles. The minimum atomic E-state index is -0.267. The maximum atomic E-state index is 11.8. The van der Waals surface area contributed by atoms with Crippen LogP contribution in [0.5, 0.6) is 0 Å². The Bertz CT molecular complexity index is 626. The molecule has 0 aliphatic rings. The standard InChI is InChI=1S/C14H12BrN3O/c1-10-5-4-6-11(17-10)9-16-18-14(19)12-7-2-3-8-13(12)15/h2-9H,1H3,(H,18,19)/b16-9-. The zero-order valence-electron chi connectivity index (χ0n) is 10.3. The van der Waals surface area contributed by atoms with Gasteiger partial charge in [-0.2, -0.15) is 5.10 Å². The summed E-state index contributed by atoms with van der Waals surface area (Å²) in [6.07, 6.45) is 1.52. The number of aryl methyl sites for hydroxylation is 1. The van der Waals surface area contributed by atoms with Crippen molar-refractivity contribution >= 4 is 28.1 Å². The molecule has 1 heterocycles. The predicted octanol–water partition coefficient (Wildman–Crippen LogP) is 2.92. The van der Waals surface area contributed by atoms with Crippen LogP contribution in [0.4, 0.5) is 0 Å². The fourth-order valence-electron chi connectivity index (χ4n) is 1.50. The van der Waals surface area contributed by atoms with Gasteiger partial charge < -0.3 is 0 Å². The number of nitrogens with one attached hydrogen (secondary N) is 1. The zero-order chi connectivity index (χ0) is 13.7. The highest BCUT2D eigenvalue weighted by Crippen LogP contribution is 2.15. The van der Waals surface area contributed by atoms with Gasteiger partial charge in [0.15, 0.2) is 0 Å². The van der Waals surface area contributed by atoms with E-state index in [1.807, 2.05) is 31.2 Å². The highest BCUT2D eigenvalue weighted by molar-refractivity contribution is 9.10. The van der Waals surface area contributed by atoms with Gasteiger partial charge >= 0.3 is 0 Å². The van der Waals surface area contributed by atoms with Crippen LogP contribution in [-0.4, -0.2) is 17.1 Å². The smallest absolute Gasteiger partial charge is 0.267 e. The SMILES string of the molecule is Cc1cccc(/C=N\NC(=O)c2ccccc2Br)n1. The summed E-state index contributed by atoms with van der Waals surface area (Å²) in [6.45, 7) is 1.90. The fourth-order valence-corrected chi connectivity index (χ4v) is 1.96. The van der Waals surface area contributed by atoms with E-state index in [1.54, 1.807) is 18.2 Å². The molecule has 2 rings (SSSR count). The van der Waals surface area contributed by atoms with Crippen LogP contribution in [0.1, 0.15) is 21.7 Å². The average Bonchev–Trinajstić information content (AvgIpc) is 2.39. The van der Waals surface area contributed by atoms with E-state index in [2.05, 4.69) is 31.4 Å². The Balaban J connectivity index is 2.03. The normalized spacial score (nSPS) is 10.6. The quantitative estimate of drug-likeness (QED) is 0.699. The molecule has 0 atom stereocenters. The Kier molecular flexibility index (Phi) is 4.41. The molecule has 96 valence electrons. The van der Waals surface area contributed by atoms with Crippen molar-refractivity contribution in [3.05, 3.63) is 63.9 Å². The Morgan fingerprint density at radius 2 is 2.05 bits per heavy atom. The van der Waals surface area contributed by atoms with E-state index in [9.17, 15) is 4.79 Å². The van der Waals surface area contributed by atoms with Gasteiger partial charge in [-0.05, 0) is 47.1 Å². The second-order valence-electron chi connectivity index (χ2n) is 3.88. The van der Waals surface area contributed by atoms with Crippen LogP contribution < -0.4 is 5.43 Å². The summed E-state index contributed by atoms with van der Waals surface area (Å²) in [7, 11) is 0. The number of amides is 1. The Morgan fingerprint density at radius 1 is 1.26 bits per heavy atom. The summed E-state index contributed by atoms with van der Waals surface area (Å²) >= 11 is 3.32. The molecule has 19 heavy (non-hydrogen) atoms. The molecule has 0 aliphatic heterocycles. The summed E-state index contributed by atoms with van der Waals surface area (Å²) in [5.74, 6) is -0.267. The average molecular weight is 318 g/mol. The topological polar surface area (TPSA) is 54.4 Å². The van der Waals surface area contributed by atoms with Crippen molar-refractivity contribution < 1.29 is 4.79 Å².